The highest BCUT2D eigenvalue weighted by molar-refractivity contribution is 5.88. The molecule has 0 aliphatic heterocycles. The summed E-state index contributed by atoms with van der Waals surface area (Å²) in [4.78, 5) is 0. The first kappa shape index (κ1) is 18.5. The first-order valence-corrected chi connectivity index (χ1v) is 9.60. The molecule has 0 unspecified atom stereocenters. The fourth-order valence-electron chi connectivity index (χ4n) is 3.93. The minimum Gasteiger partial charge on any atom is -0.493 e. The van der Waals surface area contributed by atoms with E-state index in [1.807, 2.05) is 0 Å². The van der Waals surface area contributed by atoms with E-state index in [4.69, 9.17) is 4.74 Å². The van der Waals surface area contributed by atoms with Crippen molar-refractivity contribution < 1.29 is 9.22 Å². The minimum absolute atomic E-state index is 0.436. The summed E-state index contributed by atoms with van der Waals surface area (Å²) in [5, 5.41) is 2.42. The van der Waals surface area contributed by atoms with Crippen LogP contribution in [0.1, 0.15) is 31.4 Å². The number of benzene rings is 3. The van der Waals surface area contributed by atoms with Crippen LogP contribution in [0, 0.1) is 0 Å². The maximum Gasteiger partial charge on any atom is 0.127 e. The van der Waals surface area contributed by atoms with E-state index in [9.17, 15) is 0 Å². The van der Waals surface area contributed by atoms with Crippen molar-refractivity contribution in [3.05, 3.63) is 78.4 Å². The zero-order valence-electron chi connectivity index (χ0n) is 16.2. The fraction of sp³-hybridized carbons (Fsp3) is 0.333. The van der Waals surface area contributed by atoms with Gasteiger partial charge in [-0.05, 0) is 17.9 Å². The van der Waals surface area contributed by atoms with Crippen LogP contribution in [-0.4, -0.2) is 31.7 Å². The van der Waals surface area contributed by atoms with Crippen LogP contribution in [0.15, 0.2) is 72.8 Å². The van der Waals surface area contributed by atoms with E-state index >= 15 is 0 Å². The third kappa shape index (κ3) is 4.25. The van der Waals surface area contributed by atoms with E-state index in [-0.39, 0.29) is 0 Å². The molecule has 136 valence electrons. The molecule has 0 radical (unpaired) electrons. The Morgan fingerprint density at radius 1 is 0.846 bits per heavy atom. The second-order valence-electron chi connectivity index (χ2n) is 7.54. The summed E-state index contributed by atoms with van der Waals surface area (Å²) in [6.45, 7) is 4.14. The van der Waals surface area contributed by atoms with Gasteiger partial charge in [-0.1, -0.05) is 73.7 Å². The summed E-state index contributed by atoms with van der Waals surface area (Å²) >= 11 is 0. The van der Waals surface area contributed by atoms with Gasteiger partial charge in [0.05, 0.1) is 27.2 Å². The molecule has 3 aromatic carbocycles. The van der Waals surface area contributed by atoms with Crippen LogP contribution in [0.2, 0.25) is 0 Å². The van der Waals surface area contributed by atoms with Crippen molar-refractivity contribution in [2.75, 3.05) is 27.2 Å². The number of hydrogen-bond donors (Lipinski definition) is 0. The van der Waals surface area contributed by atoms with Crippen LogP contribution >= 0.6 is 0 Å². The van der Waals surface area contributed by atoms with Crippen LogP contribution < -0.4 is 4.74 Å². The second-order valence-corrected chi connectivity index (χ2v) is 7.54. The first-order valence-electron chi connectivity index (χ1n) is 9.60. The molecule has 0 heterocycles. The summed E-state index contributed by atoms with van der Waals surface area (Å²) < 4.78 is 7.22. The molecule has 3 rings (SSSR count). The van der Waals surface area contributed by atoms with E-state index in [0.29, 0.717) is 6.04 Å². The van der Waals surface area contributed by atoms with Crippen LogP contribution in [-0.2, 0) is 0 Å². The van der Waals surface area contributed by atoms with Crippen LogP contribution in [0.5, 0.6) is 5.75 Å². The molecule has 0 fully saturated rings. The summed E-state index contributed by atoms with van der Waals surface area (Å²) in [5.74, 6) is 0.982. The number of hydrogen-bond acceptors (Lipinski definition) is 1. The van der Waals surface area contributed by atoms with Crippen LogP contribution in [0.25, 0.3) is 10.8 Å². The molecule has 0 bridgehead atoms. The predicted octanol–water partition coefficient (Wildman–Crippen LogP) is 5.84. The van der Waals surface area contributed by atoms with Gasteiger partial charge in [0, 0.05) is 17.4 Å². The minimum atomic E-state index is 0.436. The van der Waals surface area contributed by atoms with Crippen molar-refractivity contribution in [1.82, 2.24) is 0 Å². The molecule has 2 nitrogen and oxygen atoms in total. The van der Waals surface area contributed by atoms with Gasteiger partial charge >= 0.3 is 0 Å². The van der Waals surface area contributed by atoms with E-state index in [1.54, 1.807) is 0 Å². The van der Waals surface area contributed by atoms with Crippen molar-refractivity contribution in [3.8, 4) is 5.75 Å². The molecule has 0 saturated carbocycles. The number of fused-ring (bicyclic) bond motifs is 1. The molecule has 0 amide bonds. The van der Waals surface area contributed by atoms with Crippen molar-refractivity contribution in [2.24, 2.45) is 0 Å². The Morgan fingerprint density at radius 3 is 2.31 bits per heavy atom. The van der Waals surface area contributed by atoms with Gasteiger partial charge < -0.3 is 9.22 Å². The van der Waals surface area contributed by atoms with Crippen molar-refractivity contribution in [2.45, 2.75) is 25.8 Å². The highest BCUT2D eigenvalue weighted by Gasteiger charge is 2.29. The summed E-state index contributed by atoms with van der Waals surface area (Å²) in [6.07, 6.45) is 2.18. The third-order valence-corrected chi connectivity index (χ3v) is 5.23. The van der Waals surface area contributed by atoms with Gasteiger partial charge in [-0.15, -0.1) is 0 Å². The normalized spacial score (nSPS) is 12.9. The lowest BCUT2D eigenvalue weighted by Gasteiger charge is -2.38. The highest BCUT2D eigenvalue weighted by atomic mass is 16.5. The first-order chi connectivity index (χ1) is 12.6. The van der Waals surface area contributed by atoms with Crippen LogP contribution in [0.3, 0.4) is 0 Å². The molecule has 0 N–H and O–H groups in total. The highest BCUT2D eigenvalue weighted by Crippen LogP contribution is 2.30. The summed E-state index contributed by atoms with van der Waals surface area (Å²) in [6, 6.07) is 26.0. The Balaban J connectivity index is 1.75. The Morgan fingerprint density at radius 2 is 1.54 bits per heavy atom. The zero-order valence-corrected chi connectivity index (χ0v) is 16.2. The Labute approximate surface area is 157 Å². The van der Waals surface area contributed by atoms with Crippen molar-refractivity contribution in [1.29, 1.82) is 0 Å². The molecule has 26 heavy (non-hydrogen) atoms. The quantitative estimate of drug-likeness (QED) is 0.465. The molecule has 2 heteroatoms. The standard InChI is InChI=1S/C24H30NO/c1-4-18-25(2,3)23(21-12-6-5-7-13-21)17-19-26-24-16-10-14-20-11-8-9-15-22(20)24/h5-16,23H,4,17-19H2,1-3H3/q+1/t23-/m0/s1. The lowest BCUT2D eigenvalue weighted by Crippen LogP contribution is -2.44. The van der Waals surface area contributed by atoms with E-state index in [0.717, 1.165) is 29.8 Å². The third-order valence-electron chi connectivity index (χ3n) is 5.23. The lowest BCUT2D eigenvalue weighted by atomic mass is 10.0. The van der Waals surface area contributed by atoms with E-state index in [1.165, 1.54) is 22.8 Å². The Hall–Kier alpha value is -2.32. The van der Waals surface area contributed by atoms with Gasteiger partial charge in [0.1, 0.15) is 11.8 Å². The van der Waals surface area contributed by atoms with E-state index < -0.39 is 0 Å². The largest absolute Gasteiger partial charge is 0.493 e. The fourth-order valence-corrected chi connectivity index (χ4v) is 3.93. The van der Waals surface area contributed by atoms with Crippen LogP contribution in [0.4, 0.5) is 0 Å². The molecular formula is C24H30NO+. The summed E-state index contributed by atoms with van der Waals surface area (Å²) in [5.41, 5.74) is 1.40. The summed E-state index contributed by atoms with van der Waals surface area (Å²) in [7, 11) is 4.66. The Bertz CT molecular complexity index is 820. The molecular weight excluding hydrogens is 318 g/mol. The average molecular weight is 349 g/mol. The maximum atomic E-state index is 6.23. The van der Waals surface area contributed by atoms with Crippen molar-refractivity contribution in [3.63, 3.8) is 0 Å². The lowest BCUT2D eigenvalue weighted by molar-refractivity contribution is -0.921. The monoisotopic (exact) mass is 348 g/mol. The number of nitrogens with zero attached hydrogens (tertiary/aromatic N) is 1. The molecule has 3 aromatic rings. The van der Waals surface area contributed by atoms with Crippen molar-refractivity contribution >= 4 is 10.8 Å². The van der Waals surface area contributed by atoms with Gasteiger partial charge in [0.2, 0.25) is 0 Å². The van der Waals surface area contributed by atoms with Gasteiger partial charge in [-0.25, -0.2) is 0 Å². The van der Waals surface area contributed by atoms with E-state index in [2.05, 4.69) is 93.8 Å². The molecule has 1 atom stereocenters. The number of quaternary nitrogens is 1. The smallest absolute Gasteiger partial charge is 0.127 e. The second kappa shape index (κ2) is 8.37. The molecule has 0 aliphatic rings. The van der Waals surface area contributed by atoms with Gasteiger partial charge in [0.25, 0.3) is 0 Å². The van der Waals surface area contributed by atoms with Gasteiger partial charge in [-0.2, -0.15) is 0 Å². The topological polar surface area (TPSA) is 9.23 Å². The Kier molecular flexibility index (Phi) is 5.95. The molecule has 0 spiro atoms. The van der Waals surface area contributed by atoms with Gasteiger partial charge in [-0.3, -0.25) is 0 Å². The number of ether oxygens (including phenoxy) is 1. The molecule has 0 aromatic heterocycles. The van der Waals surface area contributed by atoms with Gasteiger partial charge in [0.15, 0.2) is 0 Å². The average Bonchev–Trinajstić information content (AvgIpc) is 2.66. The molecule has 0 aliphatic carbocycles. The predicted molar refractivity (Wildman–Crippen MR) is 111 cm³/mol. The molecule has 0 saturated heterocycles. The zero-order chi connectivity index (χ0) is 18.4. The number of rotatable bonds is 8. The SMILES string of the molecule is CCC[N+](C)(C)[C@@H](CCOc1cccc2ccccc12)c1ccccc1. The maximum absolute atomic E-state index is 6.23.